The Morgan fingerprint density at radius 1 is 0.178 bits per heavy atom. The number of rotatable bonds is 12. The Morgan fingerprint density at radius 2 is 0.522 bits per heavy atom. The maximum Gasteiger partial charge on any atom is 0.0561 e. The second-order valence-corrected chi connectivity index (χ2v) is 23.3. The zero-order valence-electron chi connectivity index (χ0n) is 49.3. The van der Waals surface area contributed by atoms with Gasteiger partial charge in [-0.1, -0.05) is 255 Å². The summed E-state index contributed by atoms with van der Waals surface area (Å²) in [5, 5.41) is 9.44. The number of hydrogen-bond donors (Lipinski definition) is 0. The lowest BCUT2D eigenvalue weighted by molar-refractivity contribution is 1.18. The van der Waals surface area contributed by atoms with Crippen LogP contribution in [-0.4, -0.2) is 9.13 Å². The predicted molar refractivity (Wildman–Crippen MR) is 381 cm³/mol. The normalized spacial score (nSPS) is 11.6. The van der Waals surface area contributed by atoms with Gasteiger partial charge in [-0.25, -0.2) is 0 Å². The third kappa shape index (κ3) is 9.17. The molecule has 4 heteroatoms. The molecule has 0 N–H and O–H groups in total. The Hall–Kier alpha value is -12.0. The van der Waals surface area contributed by atoms with E-state index < -0.39 is 0 Å². The average Bonchev–Trinajstić information content (AvgIpc) is 1.53. The molecule has 0 fully saturated rings. The first-order valence-electron chi connectivity index (χ1n) is 30.9. The maximum atomic E-state index is 2.48. The number of aromatic nitrogens is 2. The number of nitrogens with zero attached hydrogens (tertiary/aromatic N) is 4. The van der Waals surface area contributed by atoms with Crippen LogP contribution in [0.5, 0.6) is 0 Å². The Balaban J connectivity index is 0.896. The van der Waals surface area contributed by atoms with Crippen LogP contribution >= 0.6 is 0 Å². The van der Waals surface area contributed by atoms with Crippen molar-refractivity contribution in [1.82, 2.24) is 9.13 Å². The minimum atomic E-state index is 1.03. The average molecular weight is 1150 g/mol. The van der Waals surface area contributed by atoms with E-state index in [1.165, 1.54) is 76.8 Å². The fourth-order valence-corrected chi connectivity index (χ4v) is 13.8. The molecular weight excluding hydrogens is 1090 g/mol. The summed E-state index contributed by atoms with van der Waals surface area (Å²) in [7, 11) is 0. The van der Waals surface area contributed by atoms with Gasteiger partial charge in [0.25, 0.3) is 0 Å². The van der Waals surface area contributed by atoms with Crippen LogP contribution in [0.2, 0.25) is 0 Å². The molecule has 0 unspecified atom stereocenters. The highest BCUT2D eigenvalue weighted by atomic mass is 15.2. The second-order valence-electron chi connectivity index (χ2n) is 23.3. The number of hydrogen-bond acceptors (Lipinski definition) is 2. The van der Waals surface area contributed by atoms with E-state index in [0.29, 0.717) is 0 Å². The van der Waals surface area contributed by atoms with E-state index >= 15 is 0 Å². The lowest BCUT2D eigenvalue weighted by Gasteiger charge is -2.31. The van der Waals surface area contributed by atoms with Crippen LogP contribution in [0.3, 0.4) is 0 Å². The molecule has 4 nitrogen and oxygen atoms in total. The predicted octanol–water partition coefficient (Wildman–Crippen LogP) is 23.8. The summed E-state index contributed by atoms with van der Waals surface area (Å²) in [4.78, 5) is 4.93. The first kappa shape index (κ1) is 52.4. The molecule has 0 atom stereocenters. The first-order chi connectivity index (χ1) is 44.6. The highest BCUT2D eigenvalue weighted by Crippen LogP contribution is 2.49. The van der Waals surface area contributed by atoms with Gasteiger partial charge in [0.15, 0.2) is 0 Å². The van der Waals surface area contributed by atoms with Crippen molar-refractivity contribution in [3.8, 4) is 55.9 Å². The fourth-order valence-electron chi connectivity index (χ4n) is 13.8. The van der Waals surface area contributed by atoms with Gasteiger partial charge >= 0.3 is 0 Å². The summed E-state index contributed by atoms with van der Waals surface area (Å²) in [6.45, 7) is 0. The smallest absolute Gasteiger partial charge is 0.0561 e. The van der Waals surface area contributed by atoms with E-state index in [1.54, 1.807) is 0 Å². The molecule has 2 aromatic heterocycles. The van der Waals surface area contributed by atoms with Crippen LogP contribution in [0.1, 0.15) is 0 Å². The van der Waals surface area contributed by atoms with Crippen molar-refractivity contribution in [1.29, 1.82) is 0 Å². The van der Waals surface area contributed by atoms with Gasteiger partial charge in [0, 0.05) is 66.7 Å². The number of fused-ring (bicyclic) bond motifs is 9. The van der Waals surface area contributed by atoms with E-state index in [9.17, 15) is 0 Å². The van der Waals surface area contributed by atoms with Crippen LogP contribution in [0.15, 0.2) is 352 Å². The molecule has 2 heterocycles. The monoisotopic (exact) mass is 1150 g/mol. The molecule has 0 aliphatic rings. The van der Waals surface area contributed by atoms with Crippen molar-refractivity contribution >= 4 is 99.3 Å². The Morgan fingerprint density at radius 3 is 0.989 bits per heavy atom. The lowest BCUT2D eigenvalue weighted by atomic mass is 9.98. The number of para-hydroxylation sites is 2. The summed E-state index contributed by atoms with van der Waals surface area (Å²) in [5.74, 6) is 0. The molecule has 17 aromatic rings. The van der Waals surface area contributed by atoms with E-state index in [1.807, 2.05) is 0 Å². The molecule has 0 saturated carbocycles. The van der Waals surface area contributed by atoms with Crippen molar-refractivity contribution in [2.75, 3.05) is 9.80 Å². The molecule has 0 radical (unpaired) electrons. The molecule has 0 spiro atoms. The highest BCUT2D eigenvalue weighted by Gasteiger charge is 2.25. The summed E-state index contributed by atoms with van der Waals surface area (Å²) >= 11 is 0. The van der Waals surface area contributed by atoms with Crippen LogP contribution < -0.4 is 9.80 Å². The van der Waals surface area contributed by atoms with E-state index in [4.69, 9.17) is 0 Å². The van der Waals surface area contributed by atoms with Crippen molar-refractivity contribution in [3.63, 3.8) is 0 Å². The molecule has 0 saturated heterocycles. The topological polar surface area (TPSA) is 16.3 Å². The molecule has 0 amide bonds. The van der Waals surface area contributed by atoms with E-state index in [-0.39, 0.29) is 0 Å². The number of anilines is 6. The summed E-state index contributed by atoms with van der Waals surface area (Å²) in [5.41, 5.74) is 22.5. The molecule has 0 aliphatic carbocycles. The standard InChI is InChI=1S/C86H58N4/c1-7-21-59(22-8-1)63-35-42-70(43-36-63)89-82-53-66(61-25-11-3-12-26-61)40-49-76(82)78-51-46-72(56-85(78)89)87(68-30-15-5-16-31-68)74-55-81-75-34-20-19-29-65(75)39-48-80(81)84(58-74)88(69-32-17-6-18-33-69)73-47-52-79-77-50-41-67(62-27-13-4-14-28-62)54-83(77)90(86(79)57-73)71-44-37-64(38-45-71)60-23-9-2-10-24-60/h1-58H. The maximum absolute atomic E-state index is 2.48. The minimum Gasteiger partial charge on any atom is -0.310 e. The Bertz CT molecular complexity index is 5490. The molecule has 422 valence electrons. The number of benzene rings is 15. The summed E-state index contributed by atoms with van der Waals surface area (Å²) in [6.07, 6.45) is 0. The van der Waals surface area contributed by atoms with E-state index in [2.05, 4.69) is 371 Å². The zero-order valence-corrected chi connectivity index (χ0v) is 49.3. The van der Waals surface area contributed by atoms with Gasteiger partial charge in [0.2, 0.25) is 0 Å². The molecule has 90 heavy (non-hydrogen) atoms. The van der Waals surface area contributed by atoms with Crippen LogP contribution in [-0.2, 0) is 0 Å². The highest BCUT2D eigenvalue weighted by molar-refractivity contribution is 6.17. The van der Waals surface area contributed by atoms with Crippen molar-refractivity contribution in [2.45, 2.75) is 0 Å². The largest absolute Gasteiger partial charge is 0.310 e. The lowest BCUT2D eigenvalue weighted by Crippen LogP contribution is -2.14. The summed E-state index contributed by atoms with van der Waals surface area (Å²) < 4.78 is 4.93. The van der Waals surface area contributed by atoms with Gasteiger partial charge in [-0.05, 0) is 158 Å². The van der Waals surface area contributed by atoms with Crippen molar-refractivity contribution < 1.29 is 0 Å². The van der Waals surface area contributed by atoms with Gasteiger partial charge < -0.3 is 18.9 Å². The quantitative estimate of drug-likeness (QED) is 0.113. The van der Waals surface area contributed by atoms with E-state index in [0.717, 1.165) is 78.3 Å². The Kier molecular flexibility index (Phi) is 12.8. The third-order valence-corrected chi connectivity index (χ3v) is 18.0. The molecular formula is C86H58N4. The van der Waals surface area contributed by atoms with Crippen molar-refractivity contribution in [3.05, 3.63) is 352 Å². The SMILES string of the molecule is c1ccc(-c2ccc(-n3c4cc(-c5ccccc5)ccc4c4ccc(N(c5ccccc5)c5cc(N(c6ccccc6)c6ccc7c8ccc(-c9ccccc9)cc8n(-c8ccc(-c9ccccc9)cc8)c7c6)c6ccc7ccccc7c6c5)cc43)cc2)cc1. The van der Waals surface area contributed by atoms with Gasteiger partial charge in [-0.2, -0.15) is 0 Å². The Labute approximate surface area is 522 Å². The van der Waals surface area contributed by atoms with Gasteiger partial charge in [0.1, 0.15) is 0 Å². The van der Waals surface area contributed by atoms with Crippen LogP contribution in [0.25, 0.3) is 121 Å². The fraction of sp³-hybridized carbons (Fsp3) is 0. The molecule has 0 aliphatic heterocycles. The molecule has 0 bridgehead atoms. The zero-order chi connectivity index (χ0) is 59.5. The molecule has 15 aromatic carbocycles. The van der Waals surface area contributed by atoms with Crippen LogP contribution in [0.4, 0.5) is 34.1 Å². The minimum absolute atomic E-state index is 1.03. The first-order valence-corrected chi connectivity index (χ1v) is 30.9. The van der Waals surface area contributed by atoms with Gasteiger partial charge in [0.05, 0.1) is 27.8 Å². The summed E-state index contributed by atoms with van der Waals surface area (Å²) in [6, 6.07) is 129. The molecule has 17 rings (SSSR count). The van der Waals surface area contributed by atoms with Crippen LogP contribution in [0, 0.1) is 0 Å². The van der Waals surface area contributed by atoms with Gasteiger partial charge in [-0.15, -0.1) is 0 Å². The van der Waals surface area contributed by atoms with Crippen molar-refractivity contribution in [2.24, 2.45) is 0 Å². The third-order valence-electron chi connectivity index (χ3n) is 18.0. The van der Waals surface area contributed by atoms with Gasteiger partial charge in [-0.3, -0.25) is 0 Å². The second kappa shape index (κ2) is 22.1.